The second-order valence-corrected chi connectivity index (χ2v) is 5.39. The van der Waals surface area contributed by atoms with E-state index < -0.39 is 11.8 Å². The lowest BCUT2D eigenvalue weighted by atomic mass is 10.1. The average Bonchev–Trinajstić information content (AvgIpc) is 2.46. The molecular formula is C15H9FINO3. The molecule has 0 heterocycles. The number of hydrogen-bond donors (Lipinski definition) is 1. The van der Waals surface area contributed by atoms with Crippen LogP contribution in [0.4, 0.5) is 4.39 Å². The van der Waals surface area contributed by atoms with Crippen LogP contribution >= 0.6 is 22.6 Å². The molecule has 4 nitrogen and oxygen atoms in total. The van der Waals surface area contributed by atoms with E-state index in [4.69, 9.17) is 15.1 Å². The number of hydrogen-bond acceptors (Lipinski definition) is 3. The maximum Gasteiger partial charge on any atom is 0.339 e. The summed E-state index contributed by atoms with van der Waals surface area (Å²) in [6.45, 7) is -0.00988. The van der Waals surface area contributed by atoms with Gasteiger partial charge in [0.1, 0.15) is 23.7 Å². The van der Waals surface area contributed by atoms with Gasteiger partial charge in [0, 0.05) is 9.13 Å². The van der Waals surface area contributed by atoms with Gasteiger partial charge < -0.3 is 9.84 Å². The van der Waals surface area contributed by atoms with Crippen LogP contribution in [0, 0.1) is 20.7 Å². The van der Waals surface area contributed by atoms with Gasteiger partial charge in [0.2, 0.25) is 0 Å². The number of aromatic carboxylic acids is 1. The standard InChI is InChI=1S/C15H9FINO3/c16-11-2-1-9(10(5-11)7-18)8-21-14-4-3-12(17)6-13(14)15(19)20/h1-6H,8H2,(H,19,20). The predicted molar refractivity (Wildman–Crippen MR) is 81.6 cm³/mol. The van der Waals surface area contributed by atoms with Gasteiger partial charge in [-0.15, -0.1) is 0 Å². The van der Waals surface area contributed by atoms with Crippen molar-refractivity contribution in [2.24, 2.45) is 0 Å². The summed E-state index contributed by atoms with van der Waals surface area (Å²) in [7, 11) is 0. The number of ether oxygens (including phenoxy) is 1. The topological polar surface area (TPSA) is 70.3 Å². The number of carboxylic acid groups (broad SMARTS) is 1. The normalized spacial score (nSPS) is 9.95. The molecule has 0 fully saturated rings. The Hall–Kier alpha value is -2.14. The van der Waals surface area contributed by atoms with E-state index in [1.807, 2.05) is 28.7 Å². The molecule has 0 aliphatic heterocycles. The van der Waals surface area contributed by atoms with Crippen LogP contribution < -0.4 is 4.74 Å². The van der Waals surface area contributed by atoms with Crippen LogP contribution in [0.3, 0.4) is 0 Å². The van der Waals surface area contributed by atoms with Gasteiger partial charge in [0.25, 0.3) is 0 Å². The minimum Gasteiger partial charge on any atom is -0.488 e. The first-order valence-corrected chi connectivity index (χ1v) is 6.93. The smallest absolute Gasteiger partial charge is 0.339 e. The number of rotatable bonds is 4. The lowest BCUT2D eigenvalue weighted by Crippen LogP contribution is -2.05. The quantitative estimate of drug-likeness (QED) is 0.801. The van der Waals surface area contributed by atoms with Crippen molar-refractivity contribution in [3.63, 3.8) is 0 Å². The van der Waals surface area contributed by atoms with Gasteiger partial charge in [-0.1, -0.05) is 6.07 Å². The molecule has 0 bridgehead atoms. The fraction of sp³-hybridized carbons (Fsp3) is 0.0667. The first kappa shape index (κ1) is 15.3. The van der Waals surface area contributed by atoms with E-state index in [0.29, 0.717) is 5.56 Å². The third-order valence-electron chi connectivity index (χ3n) is 2.75. The van der Waals surface area contributed by atoms with Gasteiger partial charge in [-0.3, -0.25) is 0 Å². The zero-order chi connectivity index (χ0) is 15.4. The molecule has 0 saturated carbocycles. The summed E-state index contributed by atoms with van der Waals surface area (Å²) in [6, 6.07) is 10.4. The van der Waals surface area contributed by atoms with E-state index in [1.165, 1.54) is 18.2 Å². The Kier molecular flexibility index (Phi) is 4.75. The van der Waals surface area contributed by atoms with Crippen molar-refractivity contribution < 1.29 is 19.0 Å². The van der Waals surface area contributed by atoms with Crippen LogP contribution in [0.2, 0.25) is 0 Å². The minimum atomic E-state index is -1.09. The summed E-state index contributed by atoms with van der Waals surface area (Å²) < 4.78 is 19.3. The lowest BCUT2D eigenvalue weighted by molar-refractivity contribution is 0.0691. The molecule has 106 valence electrons. The van der Waals surface area contributed by atoms with Gasteiger partial charge >= 0.3 is 5.97 Å². The molecule has 6 heteroatoms. The van der Waals surface area contributed by atoms with Crippen LogP contribution in [-0.4, -0.2) is 11.1 Å². The molecule has 0 aromatic heterocycles. The van der Waals surface area contributed by atoms with E-state index in [2.05, 4.69) is 0 Å². The van der Waals surface area contributed by atoms with Crippen molar-refractivity contribution in [2.45, 2.75) is 6.61 Å². The number of halogens is 2. The highest BCUT2D eigenvalue weighted by Gasteiger charge is 2.13. The number of carbonyl (C=O) groups is 1. The van der Waals surface area contributed by atoms with Crippen LogP contribution in [0.15, 0.2) is 36.4 Å². The first-order chi connectivity index (χ1) is 10.0. The SMILES string of the molecule is N#Cc1cc(F)ccc1COc1ccc(I)cc1C(=O)O. The number of nitrogens with zero attached hydrogens (tertiary/aromatic N) is 1. The maximum atomic E-state index is 13.0. The summed E-state index contributed by atoms with van der Waals surface area (Å²) in [5, 5.41) is 18.1. The van der Waals surface area contributed by atoms with Crippen molar-refractivity contribution in [1.82, 2.24) is 0 Å². The monoisotopic (exact) mass is 397 g/mol. The van der Waals surface area contributed by atoms with Crippen molar-refractivity contribution >= 4 is 28.6 Å². The Morgan fingerprint density at radius 3 is 2.76 bits per heavy atom. The summed E-state index contributed by atoms with van der Waals surface area (Å²) in [5.41, 5.74) is 0.702. The Morgan fingerprint density at radius 2 is 2.10 bits per heavy atom. The Balaban J connectivity index is 2.25. The number of carboxylic acids is 1. The molecule has 0 aliphatic carbocycles. The van der Waals surface area contributed by atoms with E-state index >= 15 is 0 Å². The molecule has 2 rings (SSSR count). The van der Waals surface area contributed by atoms with Crippen molar-refractivity contribution in [2.75, 3.05) is 0 Å². The van der Waals surface area contributed by atoms with E-state index in [1.54, 1.807) is 12.1 Å². The molecule has 0 amide bonds. The van der Waals surface area contributed by atoms with Crippen molar-refractivity contribution in [3.05, 3.63) is 62.5 Å². The van der Waals surface area contributed by atoms with Gasteiger partial charge in [-0.2, -0.15) is 5.26 Å². The lowest BCUT2D eigenvalue weighted by Gasteiger charge is -2.10. The maximum absolute atomic E-state index is 13.0. The van der Waals surface area contributed by atoms with Crippen LogP contribution in [0.1, 0.15) is 21.5 Å². The van der Waals surface area contributed by atoms with Crippen LogP contribution in [0.5, 0.6) is 5.75 Å². The summed E-state index contributed by atoms with van der Waals surface area (Å²) in [5.74, 6) is -1.39. The highest BCUT2D eigenvalue weighted by atomic mass is 127. The van der Waals surface area contributed by atoms with Crippen molar-refractivity contribution in [3.8, 4) is 11.8 Å². The molecule has 2 aromatic rings. The largest absolute Gasteiger partial charge is 0.488 e. The Labute approximate surface area is 133 Å². The Morgan fingerprint density at radius 1 is 1.33 bits per heavy atom. The first-order valence-electron chi connectivity index (χ1n) is 5.85. The van der Waals surface area contributed by atoms with Gasteiger partial charge in [-0.25, -0.2) is 9.18 Å². The summed E-state index contributed by atoms with van der Waals surface area (Å²) >= 11 is 2.01. The predicted octanol–water partition coefficient (Wildman–Crippen LogP) is 3.58. The van der Waals surface area contributed by atoms with Crippen LogP contribution in [0.25, 0.3) is 0 Å². The molecule has 0 aliphatic rings. The molecule has 0 spiro atoms. The zero-order valence-electron chi connectivity index (χ0n) is 10.6. The van der Waals surface area contributed by atoms with Crippen molar-refractivity contribution in [1.29, 1.82) is 5.26 Å². The van der Waals surface area contributed by atoms with Gasteiger partial charge in [0.05, 0.1) is 11.6 Å². The third-order valence-corrected chi connectivity index (χ3v) is 3.42. The molecule has 0 radical (unpaired) electrons. The second kappa shape index (κ2) is 6.54. The molecule has 21 heavy (non-hydrogen) atoms. The molecule has 0 saturated heterocycles. The molecule has 1 N–H and O–H groups in total. The third kappa shape index (κ3) is 3.70. The molecule has 0 unspecified atom stereocenters. The minimum absolute atomic E-state index is 0.00988. The molecular weight excluding hydrogens is 388 g/mol. The molecule has 0 atom stereocenters. The van der Waals surface area contributed by atoms with E-state index in [-0.39, 0.29) is 23.5 Å². The summed E-state index contributed by atoms with van der Waals surface area (Å²) in [6.07, 6.45) is 0. The fourth-order valence-corrected chi connectivity index (χ4v) is 2.22. The van der Waals surface area contributed by atoms with E-state index in [0.717, 1.165) is 9.64 Å². The van der Waals surface area contributed by atoms with Gasteiger partial charge in [0.15, 0.2) is 0 Å². The second-order valence-electron chi connectivity index (χ2n) is 4.15. The molecule has 2 aromatic carbocycles. The Bertz CT molecular complexity index is 740. The highest BCUT2D eigenvalue weighted by molar-refractivity contribution is 14.1. The summed E-state index contributed by atoms with van der Waals surface area (Å²) in [4.78, 5) is 11.2. The highest BCUT2D eigenvalue weighted by Crippen LogP contribution is 2.23. The van der Waals surface area contributed by atoms with E-state index in [9.17, 15) is 9.18 Å². The van der Waals surface area contributed by atoms with Gasteiger partial charge in [-0.05, 0) is 52.9 Å². The van der Waals surface area contributed by atoms with Crippen LogP contribution in [-0.2, 0) is 6.61 Å². The average molecular weight is 397 g/mol. The number of benzene rings is 2. The fourth-order valence-electron chi connectivity index (χ4n) is 1.73. The number of nitriles is 1. The zero-order valence-corrected chi connectivity index (χ0v) is 12.8.